The third kappa shape index (κ3) is 2.80. The van der Waals surface area contributed by atoms with Gasteiger partial charge in [0.1, 0.15) is 11.6 Å². The molecule has 5 nitrogen and oxygen atoms in total. The van der Waals surface area contributed by atoms with Gasteiger partial charge in [0, 0.05) is 13.7 Å². The molecule has 0 radical (unpaired) electrons. The van der Waals surface area contributed by atoms with Gasteiger partial charge in [-0.05, 0) is 25.7 Å². The van der Waals surface area contributed by atoms with Crippen LogP contribution in [0.1, 0.15) is 52.9 Å². The van der Waals surface area contributed by atoms with E-state index in [2.05, 4.69) is 5.32 Å². The van der Waals surface area contributed by atoms with Crippen LogP contribution in [-0.2, 0) is 14.3 Å². The fourth-order valence-corrected chi connectivity index (χ4v) is 3.51. The van der Waals surface area contributed by atoms with Crippen molar-refractivity contribution in [2.75, 3.05) is 13.7 Å². The maximum atomic E-state index is 12.9. The van der Waals surface area contributed by atoms with Crippen LogP contribution in [0.3, 0.4) is 0 Å². The molecule has 0 aromatic rings. The summed E-state index contributed by atoms with van der Waals surface area (Å²) in [5.41, 5.74) is -0.631. The van der Waals surface area contributed by atoms with Crippen molar-refractivity contribution in [2.45, 2.75) is 70.6 Å². The van der Waals surface area contributed by atoms with Gasteiger partial charge in [-0.2, -0.15) is 0 Å². The van der Waals surface area contributed by atoms with E-state index in [1.165, 1.54) is 0 Å². The largest absolute Gasteiger partial charge is 0.380 e. The zero-order valence-electron chi connectivity index (χ0n) is 13.6. The molecule has 0 aromatic carbocycles. The fraction of sp³-hybridized carbons (Fsp3) is 0.875. The van der Waals surface area contributed by atoms with Crippen LogP contribution in [0.15, 0.2) is 0 Å². The quantitative estimate of drug-likeness (QED) is 0.840. The lowest BCUT2D eigenvalue weighted by Gasteiger charge is -2.48. The highest BCUT2D eigenvalue weighted by Crippen LogP contribution is 2.39. The molecule has 0 bridgehead atoms. The SMILES string of the molecule is CCC(C)C1NC(=O)C2(CCCC2)N(CC(C)OC)C1=O. The smallest absolute Gasteiger partial charge is 0.246 e. The van der Waals surface area contributed by atoms with E-state index in [-0.39, 0.29) is 23.8 Å². The summed E-state index contributed by atoms with van der Waals surface area (Å²) in [5, 5.41) is 3.00. The maximum Gasteiger partial charge on any atom is 0.246 e. The Morgan fingerprint density at radius 2 is 1.95 bits per heavy atom. The van der Waals surface area contributed by atoms with Crippen molar-refractivity contribution in [3.05, 3.63) is 0 Å². The van der Waals surface area contributed by atoms with Crippen molar-refractivity contribution in [2.24, 2.45) is 5.92 Å². The van der Waals surface area contributed by atoms with Gasteiger partial charge < -0.3 is 15.0 Å². The number of hydrogen-bond acceptors (Lipinski definition) is 3. The standard InChI is InChI=1S/C16H28N2O3/c1-5-11(2)13-14(19)18(10-12(3)21-4)16(15(20)17-13)8-6-7-9-16/h11-13H,5-10H2,1-4H3,(H,17,20). The average molecular weight is 296 g/mol. The molecule has 0 aromatic heterocycles. The zero-order chi connectivity index (χ0) is 15.6. The molecular formula is C16H28N2O3. The predicted molar refractivity (Wildman–Crippen MR) is 80.8 cm³/mol. The van der Waals surface area contributed by atoms with Gasteiger partial charge >= 0.3 is 0 Å². The van der Waals surface area contributed by atoms with Crippen LogP contribution >= 0.6 is 0 Å². The third-order valence-electron chi connectivity index (χ3n) is 5.24. The van der Waals surface area contributed by atoms with Crippen LogP contribution in [0.5, 0.6) is 0 Å². The van der Waals surface area contributed by atoms with Gasteiger partial charge in [0.15, 0.2) is 0 Å². The van der Waals surface area contributed by atoms with Crippen LogP contribution in [0.2, 0.25) is 0 Å². The maximum absolute atomic E-state index is 12.9. The van der Waals surface area contributed by atoms with Gasteiger partial charge in [0.25, 0.3) is 0 Å². The number of rotatable bonds is 5. The minimum absolute atomic E-state index is 0.0354. The number of methoxy groups -OCH3 is 1. The molecular weight excluding hydrogens is 268 g/mol. The van der Waals surface area contributed by atoms with Gasteiger partial charge in [-0.15, -0.1) is 0 Å². The Morgan fingerprint density at radius 3 is 2.48 bits per heavy atom. The second-order valence-corrected chi connectivity index (χ2v) is 6.57. The highest BCUT2D eigenvalue weighted by atomic mass is 16.5. The molecule has 1 saturated carbocycles. The fourth-order valence-electron chi connectivity index (χ4n) is 3.51. The first-order valence-electron chi connectivity index (χ1n) is 8.11. The molecule has 2 amide bonds. The van der Waals surface area contributed by atoms with Crippen molar-refractivity contribution in [3.8, 4) is 0 Å². The highest BCUT2D eigenvalue weighted by Gasteiger charge is 2.54. The van der Waals surface area contributed by atoms with Gasteiger partial charge in [-0.25, -0.2) is 0 Å². The van der Waals surface area contributed by atoms with Gasteiger partial charge in [-0.1, -0.05) is 33.1 Å². The van der Waals surface area contributed by atoms with Gasteiger partial charge in [0.05, 0.1) is 6.10 Å². The summed E-state index contributed by atoms with van der Waals surface area (Å²) in [4.78, 5) is 27.5. The first kappa shape index (κ1) is 16.3. The van der Waals surface area contributed by atoms with E-state index in [0.717, 1.165) is 32.1 Å². The summed E-state index contributed by atoms with van der Waals surface area (Å²) in [6.45, 7) is 6.51. The molecule has 120 valence electrons. The van der Waals surface area contributed by atoms with Crippen LogP contribution in [0.25, 0.3) is 0 Å². The Labute approximate surface area is 127 Å². The molecule has 1 aliphatic heterocycles. The number of nitrogens with one attached hydrogen (secondary N) is 1. The average Bonchev–Trinajstić information content (AvgIpc) is 2.97. The summed E-state index contributed by atoms with van der Waals surface area (Å²) in [5.74, 6) is 0.253. The Morgan fingerprint density at radius 1 is 1.33 bits per heavy atom. The summed E-state index contributed by atoms with van der Waals surface area (Å²) >= 11 is 0. The molecule has 1 aliphatic carbocycles. The minimum Gasteiger partial charge on any atom is -0.380 e. The van der Waals surface area contributed by atoms with E-state index >= 15 is 0 Å². The lowest BCUT2D eigenvalue weighted by atomic mass is 9.85. The number of ether oxygens (including phenoxy) is 1. The summed E-state index contributed by atoms with van der Waals surface area (Å²) in [6, 6.07) is -0.391. The highest BCUT2D eigenvalue weighted by molar-refractivity contribution is 6.00. The molecule has 3 unspecified atom stereocenters. The first-order chi connectivity index (χ1) is 9.96. The molecule has 1 heterocycles. The first-order valence-corrected chi connectivity index (χ1v) is 8.11. The number of carbonyl (C=O) groups is 2. The molecule has 5 heteroatoms. The molecule has 2 fully saturated rings. The van der Waals surface area contributed by atoms with Crippen molar-refractivity contribution in [1.82, 2.24) is 10.2 Å². The van der Waals surface area contributed by atoms with E-state index in [1.54, 1.807) is 7.11 Å². The van der Waals surface area contributed by atoms with Crippen molar-refractivity contribution >= 4 is 11.8 Å². The molecule has 21 heavy (non-hydrogen) atoms. The summed E-state index contributed by atoms with van der Waals surface area (Å²) in [7, 11) is 1.65. The monoisotopic (exact) mass is 296 g/mol. The topological polar surface area (TPSA) is 58.6 Å². The number of amides is 2. The Kier molecular flexibility index (Phi) is 4.91. The molecule has 1 N–H and O–H groups in total. The van der Waals surface area contributed by atoms with Crippen LogP contribution in [-0.4, -0.2) is 48.1 Å². The lowest BCUT2D eigenvalue weighted by molar-refractivity contribution is -0.161. The zero-order valence-corrected chi connectivity index (χ0v) is 13.6. The number of carbonyl (C=O) groups excluding carboxylic acids is 2. The van der Waals surface area contributed by atoms with Gasteiger partial charge in [-0.3, -0.25) is 9.59 Å². The number of hydrogen-bond donors (Lipinski definition) is 1. The number of piperazine rings is 1. The van der Waals surface area contributed by atoms with Crippen molar-refractivity contribution < 1.29 is 14.3 Å². The Balaban J connectivity index is 2.30. The normalized spacial score (nSPS) is 27.8. The number of nitrogens with zero attached hydrogens (tertiary/aromatic N) is 1. The molecule has 2 rings (SSSR count). The van der Waals surface area contributed by atoms with E-state index in [1.807, 2.05) is 25.7 Å². The van der Waals surface area contributed by atoms with E-state index in [4.69, 9.17) is 4.74 Å². The predicted octanol–water partition coefficient (Wildman–Crippen LogP) is 1.71. The molecule has 3 atom stereocenters. The van der Waals surface area contributed by atoms with E-state index in [0.29, 0.717) is 6.54 Å². The van der Waals surface area contributed by atoms with Crippen LogP contribution < -0.4 is 5.32 Å². The van der Waals surface area contributed by atoms with E-state index in [9.17, 15) is 9.59 Å². The van der Waals surface area contributed by atoms with Crippen molar-refractivity contribution in [3.63, 3.8) is 0 Å². The molecule has 2 aliphatic rings. The molecule has 1 saturated heterocycles. The third-order valence-corrected chi connectivity index (χ3v) is 5.24. The lowest BCUT2D eigenvalue weighted by Crippen LogP contribution is -2.71. The van der Waals surface area contributed by atoms with Crippen molar-refractivity contribution in [1.29, 1.82) is 0 Å². The second-order valence-electron chi connectivity index (χ2n) is 6.57. The second kappa shape index (κ2) is 6.34. The summed E-state index contributed by atoms with van der Waals surface area (Å²) < 4.78 is 5.34. The Hall–Kier alpha value is -1.10. The molecule has 1 spiro atoms. The van der Waals surface area contributed by atoms with Crippen LogP contribution in [0.4, 0.5) is 0 Å². The summed E-state index contributed by atoms with van der Waals surface area (Å²) in [6.07, 6.45) is 4.37. The van der Waals surface area contributed by atoms with E-state index < -0.39 is 11.6 Å². The van der Waals surface area contributed by atoms with Gasteiger partial charge in [0.2, 0.25) is 11.8 Å². The van der Waals surface area contributed by atoms with Crippen LogP contribution in [0, 0.1) is 5.92 Å². The minimum atomic E-state index is -0.631. The Bertz CT molecular complexity index is 404.